The molecule has 0 radical (unpaired) electrons. The maximum absolute atomic E-state index is 12.5. The molecule has 0 fully saturated rings. The maximum atomic E-state index is 12.5. The summed E-state index contributed by atoms with van der Waals surface area (Å²) in [5.41, 5.74) is 6.56. The van der Waals surface area contributed by atoms with Gasteiger partial charge in [0.1, 0.15) is 13.2 Å². The average Bonchev–Trinajstić information content (AvgIpc) is 3.13. The van der Waals surface area contributed by atoms with Gasteiger partial charge in [0, 0.05) is 11.3 Å². The smallest absolute Gasteiger partial charge is 0.337 e. The summed E-state index contributed by atoms with van der Waals surface area (Å²) in [7, 11) is 2.86. The van der Waals surface area contributed by atoms with E-state index < -0.39 is 24.3 Å². The number of fused-ring (bicyclic) bond motifs is 1. The van der Waals surface area contributed by atoms with Crippen LogP contribution in [0.3, 0.4) is 0 Å². The highest BCUT2D eigenvalue weighted by Crippen LogP contribution is 2.36. The van der Waals surface area contributed by atoms with Crippen molar-refractivity contribution in [3.63, 3.8) is 0 Å². The molecule has 0 bridgehead atoms. The monoisotopic (exact) mass is 694 g/mol. The lowest BCUT2D eigenvalue weighted by atomic mass is 9.95. The molecule has 51 heavy (non-hydrogen) atoms. The number of carbonyl (C=O) groups excluding carboxylic acids is 2. The molecule has 0 unspecified atom stereocenters. The predicted octanol–water partition coefficient (Wildman–Crippen LogP) is 5.68. The molecular formula is C39H42N4O8. The first-order valence-corrected chi connectivity index (χ1v) is 16.4. The number of aliphatic hydroxyl groups excluding tert-OH is 1. The Morgan fingerprint density at radius 2 is 1.80 bits per heavy atom. The molecule has 1 aliphatic heterocycles. The van der Waals surface area contributed by atoms with Crippen molar-refractivity contribution in [2.45, 2.75) is 39.1 Å². The summed E-state index contributed by atoms with van der Waals surface area (Å²) in [6.07, 6.45) is 2.72. The van der Waals surface area contributed by atoms with E-state index in [1.807, 2.05) is 43.3 Å². The molecule has 0 spiro atoms. The van der Waals surface area contributed by atoms with Gasteiger partial charge < -0.3 is 39.4 Å². The average molecular weight is 695 g/mol. The van der Waals surface area contributed by atoms with Gasteiger partial charge in [-0.05, 0) is 72.0 Å². The molecule has 12 heteroatoms. The van der Waals surface area contributed by atoms with E-state index in [2.05, 4.69) is 45.9 Å². The van der Waals surface area contributed by atoms with Gasteiger partial charge in [0.05, 0.1) is 38.7 Å². The van der Waals surface area contributed by atoms with Crippen LogP contribution in [0.25, 0.3) is 10.8 Å². The SMILES string of the molecule is C=CCc1cc(/C=N\N[C@@H](O)COc2ccc([C@@H]3NC(=O)NC(C)=C3C(=O)OC)cc2OCC)cc(OC)c1OCc1cccc2ccccc12. The third kappa shape index (κ3) is 8.78. The second-order valence-electron chi connectivity index (χ2n) is 11.5. The van der Waals surface area contributed by atoms with Crippen LogP contribution in [0.1, 0.15) is 42.1 Å². The van der Waals surface area contributed by atoms with E-state index in [0.717, 1.165) is 27.5 Å². The van der Waals surface area contributed by atoms with Crippen molar-refractivity contribution in [3.8, 4) is 23.0 Å². The lowest BCUT2D eigenvalue weighted by Crippen LogP contribution is -2.45. The van der Waals surface area contributed by atoms with Crippen LogP contribution in [0.5, 0.6) is 23.0 Å². The molecule has 266 valence electrons. The van der Waals surface area contributed by atoms with Gasteiger partial charge in [0.15, 0.2) is 29.2 Å². The fourth-order valence-corrected chi connectivity index (χ4v) is 5.77. The van der Waals surface area contributed by atoms with Crippen LogP contribution in [0.15, 0.2) is 102 Å². The number of esters is 1. The minimum atomic E-state index is -1.17. The molecule has 4 aromatic carbocycles. The molecule has 1 aliphatic rings. The van der Waals surface area contributed by atoms with Crippen LogP contribution in [-0.4, -0.2) is 57.0 Å². The molecule has 0 saturated carbocycles. The topological polar surface area (TPSA) is 149 Å². The van der Waals surface area contributed by atoms with Gasteiger partial charge in [-0.3, -0.25) is 5.43 Å². The van der Waals surface area contributed by atoms with Gasteiger partial charge in [-0.25, -0.2) is 9.59 Å². The molecule has 2 atom stereocenters. The molecule has 12 nitrogen and oxygen atoms in total. The Morgan fingerprint density at radius 1 is 1.00 bits per heavy atom. The number of nitrogens with zero attached hydrogens (tertiary/aromatic N) is 1. The first-order chi connectivity index (χ1) is 24.8. The summed E-state index contributed by atoms with van der Waals surface area (Å²) in [5, 5.41) is 22.5. The lowest BCUT2D eigenvalue weighted by molar-refractivity contribution is -0.136. The van der Waals surface area contributed by atoms with E-state index in [1.165, 1.54) is 7.11 Å². The largest absolute Gasteiger partial charge is 0.493 e. The van der Waals surface area contributed by atoms with E-state index in [1.54, 1.807) is 44.5 Å². The Hall–Kier alpha value is -6.01. The Kier molecular flexibility index (Phi) is 12.1. The quantitative estimate of drug-likeness (QED) is 0.0382. The zero-order valence-electron chi connectivity index (χ0n) is 29.0. The van der Waals surface area contributed by atoms with Gasteiger partial charge in [0.2, 0.25) is 0 Å². The molecule has 0 aliphatic carbocycles. The number of benzene rings is 4. The number of carbonyl (C=O) groups is 2. The molecule has 0 saturated heterocycles. The van der Waals surface area contributed by atoms with Gasteiger partial charge in [-0.1, -0.05) is 54.6 Å². The van der Waals surface area contributed by atoms with Crippen LogP contribution in [0, 0.1) is 0 Å². The number of urea groups is 1. The lowest BCUT2D eigenvalue weighted by Gasteiger charge is -2.28. The number of hydrazone groups is 1. The predicted molar refractivity (Wildman–Crippen MR) is 194 cm³/mol. The summed E-state index contributed by atoms with van der Waals surface area (Å²) < 4.78 is 28.6. The number of aliphatic hydroxyl groups is 1. The van der Waals surface area contributed by atoms with Crippen molar-refractivity contribution >= 4 is 29.0 Å². The molecule has 1 heterocycles. The fraction of sp³-hybridized carbons (Fsp3) is 0.256. The first kappa shape index (κ1) is 36.3. The second-order valence-corrected chi connectivity index (χ2v) is 11.5. The van der Waals surface area contributed by atoms with Gasteiger partial charge in [0.25, 0.3) is 0 Å². The summed E-state index contributed by atoms with van der Waals surface area (Å²) in [6, 6.07) is 21.9. The summed E-state index contributed by atoms with van der Waals surface area (Å²) in [6.45, 7) is 7.86. The van der Waals surface area contributed by atoms with E-state index >= 15 is 0 Å². The van der Waals surface area contributed by atoms with Gasteiger partial charge in [-0.2, -0.15) is 5.10 Å². The zero-order chi connectivity index (χ0) is 36.3. The summed E-state index contributed by atoms with van der Waals surface area (Å²) in [4.78, 5) is 24.7. The number of allylic oxidation sites excluding steroid dienone is 2. The third-order valence-electron chi connectivity index (χ3n) is 8.10. The Bertz CT molecular complexity index is 1950. The molecule has 5 rings (SSSR count). The summed E-state index contributed by atoms with van der Waals surface area (Å²) >= 11 is 0. The fourth-order valence-electron chi connectivity index (χ4n) is 5.77. The molecule has 2 amide bonds. The van der Waals surface area contributed by atoms with Crippen molar-refractivity contribution in [3.05, 3.63) is 119 Å². The number of rotatable bonds is 16. The number of nitrogens with one attached hydrogen (secondary N) is 3. The molecular weight excluding hydrogens is 652 g/mol. The Labute approximate surface area is 296 Å². The van der Waals surface area contributed by atoms with E-state index in [-0.39, 0.29) is 12.2 Å². The number of amides is 2. The minimum absolute atomic E-state index is 0.167. The van der Waals surface area contributed by atoms with Crippen LogP contribution in [-0.2, 0) is 22.6 Å². The number of hydrogen-bond donors (Lipinski definition) is 4. The van der Waals surface area contributed by atoms with Crippen LogP contribution >= 0.6 is 0 Å². The van der Waals surface area contributed by atoms with Gasteiger partial charge in [-0.15, -0.1) is 6.58 Å². The highest BCUT2D eigenvalue weighted by molar-refractivity contribution is 5.95. The van der Waals surface area contributed by atoms with E-state index in [4.69, 9.17) is 23.7 Å². The zero-order valence-corrected chi connectivity index (χ0v) is 29.0. The normalized spacial score (nSPS) is 14.8. The molecule has 4 aromatic rings. The third-order valence-corrected chi connectivity index (χ3v) is 8.10. The van der Waals surface area contributed by atoms with E-state index in [0.29, 0.717) is 53.9 Å². The van der Waals surface area contributed by atoms with Crippen molar-refractivity contribution < 1.29 is 38.4 Å². The Morgan fingerprint density at radius 3 is 2.57 bits per heavy atom. The van der Waals surface area contributed by atoms with Crippen LogP contribution in [0.4, 0.5) is 4.79 Å². The number of methoxy groups -OCH3 is 2. The second kappa shape index (κ2) is 17.1. The molecule has 0 aromatic heterocycles. The highest BCUT2D eigenvalue weighted by Gasteiger charge is 2.32. The van der Waals surface area contributed by atoms with Crippen LogP contribution in [0.2, 0.25) is 0 Å². The van der Waals surface area contributed by atoms with Crippen LogP contribution < -0.4 is 35.0 Å². The van der Waals surface area contributed by atoms with Crippen molar-refractivity contribution in [1.29, 1.82) is 0 Å². The van der Waals surface area contributed by atoms with E-state index in [9.17, 15) is 14.7 Å². The Balaban J connectivity index is 1.25. The van der Waals surface area contributed by atoms with Crippen molar-refractivity contribution in [1.82, 2.24) is 16.1 Å². The highest BCUT2D eigenvalue weighted by atomic mass is 16.5. The number of hydrogen-bond acceptors (Lipinski definition) is 10. The van der Waals surface area contributed by atoms with Crippen molar-refractivity contribution in [2.75, 3.05) is 27.4 Å². The summed E-state index contributed by atoms with van der Waals surface area (Å²) in [5.74, 6) is 1.30. The maximum Gasteiger partial charge on any atom is 0.337 e. The van der Waals surface area contributed by atoms with Gasteiger partial charge >= 0.3 is 12.0 Å². The number of ether oxygens (including phenoxy) is 5. The standard InChI is InChI=1S/C39H42N4O8/c1-6-11-28-18-25(19-33(47-4)37(28)51-22-29-14-10-13-26-12-8-9-15-30(26)29)21-40-43-34(44)23-50-31-17-16-27(20-32(31)49-7-2)36-35(38(45)48-5)24(3)41-39(46)42-36/h6,8-10,12-21,34,36,43-44H,1,7,11,22-23H2,2-5H3,(H2,41,42,46)/b40-21-/t34-,36-/m0/s1. The minimum Gasteiger partial charge on any atom is -0.493 e. The first-order valence-electron chi connectivity index (χ1n) is 16.4. The van der Waals surface area contributed by atoms with Crippen molar-refractivity contribution in [2.24, 2.45) is 5.10 Å². The molecule has 4 N–H and O–H groups in total.